The SMILES string of the molecule is CCC(CC)CN(CC)c1cnnc(Cl)c1. The number of aromatic nitrogens is 2. The predicted molar refractivity (Wildman–Crippen MR) is 69.0 cm³/mol. The van der Waals surface area contributed by atoms with E-state index in [-0.39, 0.29) is 0 Å². The van der Waals surface area contributed by atoms with Gasteiger partial charge in [0, 0.05) is 19.2 Å². The van der Waals surface area contributed by atoms with E-state index in [1.165, 1.54) is 12.8 Å². The lowest BCUT2D eigenvalue weighted by Gasteiger charge is -2.26. The van der Waals surface area contributed by atoms with E-state index in [0.29, 0.717) is 5.15 Å². The molecule has 1 aromatic rings. The van der Waals surface area contributed by atoms with E-state index < -0.39 is 0 Å². The zero-order valence-electron chi connectivity index (χ0n) is 10.3. The zero-order chi connectivity index (χ0) is 12.0. The van der Waals surface area contributed by atoms with E-state index in [4.69, 9.17) is 11.6 Å². The van der Waals surface area contributed by atoms with Gasteiger partial charge in [0.15, 0.2) is 5.15 Å². The van der Waals surface area contributed by atoms with Gasteiger partial charge in [0.25, 0.3) is 0 Å². The minimum absolute atomic E-state index is 0.459. The molecule has 0 atom stereocenters. The van der Waals surface area contributed by atoms with Crippen molar-refractivity contribution >= 4 is 17.3 Å². The molecule has 1 rings (SSSR count). The van der Waals surface area contributed by atoms with Crippen molar-refractivity contribution in [1.29, 1.82) is 0 Å². The monoisotopic (exact) mass is 241 g/mol. The van der Waals surface area contributed by atoms with Crippen LogP contribution in [-0.4, -0.2) is 23.3 Å². The fourth-order valence-corrected chi connectivity index (χ4v) is 1.94. The fraction of sp³-hybridized carbons (Fsp3) is 0.667. The Kier molecular flexibility index (Phi) is 5.53. The van der Waals surface area contributed by atoms with Gasteiger partial charge < -0.3 is 4.90 Å². The van der Waals surface area contributed by atoms with Gasteiger partial charge in [-0.3, -0.25) is 0 Å². The molecule has 0 N–H and O–H groups in total. The lowest BCUT2D eigenvalue weighted by molar-refractivity contribution is 0.486. The lowest BCUT2D eigenvalue weighted by Crippen LogP contribution is -2.29. The molecule has 4 heteroatoms. The number of nitrogens with zero attached hydrogens (tertiary/aromatic N) is 3. The van der Waals surface area contributed by atoms with E-state index >= 15 is 0 Å². The molecule has 0 fully saturated rings. The molecule has 0 unspecified atom stereocenters. The molecule has 0 aliphatic rings. The van der Waals surface area contributed by atoms with Crippen molar-refractivity contribution in [2.24, 2.45) is 5.92 Å². The highest BCUT2D eigenvalue weighted by molar-refractivity contribution is 6.29. The summed E-state index contributed by atoms with van der Waals surface area (Å²) in [5, 5.41) is 8.11. The molecule has 0 spiro atoms. The summed E-state index contributed by atoms with van der Waals surface area (Å²) in [6.07, 6.45) is 4.19. The van der Waals surface area contributed by atoms with Crippen LogP contribution in [-0.2, 0) is 0 Å². The van der Waals surface area contributed by atoms with Crippen LogP contribution in [0.5, 0.6) is 0 Å². The highest BCUT2D eigenvalue weighted by atomic mass is 35.5. The average molecular weight is 242 g/mol. The summed E-state index contributed by atoms with van der Waals surface area (Å²) in [6, 6.07) is 1.88. The standard InChI is InChI=1S/C12H20ClN3/c1-4-10(5-2)9-16(6-3)11-7-12(13)15-14-8-11/h7-8,10H,4-6,9H2,1-3H3. The Hall–Kier alpha value is -0.830. The molecule has 0 aliphatic carbocycles. The van der Waals surface area contributed by atoms with Crippen LogP contribution in [0.2, 0.25) is 5.15 Å². The van der Waals surface area contributed by atoms with E-state index in [1.54, 1.807) is 6.20 Å². The van der Waals surface area contributed by atoms with Crippen molar-refractivity contribution in [3.8, 4) is 0 Å². The molecule has 1 aromatic heterocycles. The first-order chi connectivity index (χ1) is 7.71. The second kappa shape index (κ2) is 6.69. The predicted octanol–water partition coefficient (Wildman–Crippen LogP) is 3.39. The molecule has 0 aliphatic heterocycles. The number of rotatable bonds is 6. The van der Waals surface area contributed by atoms with Crippen LogP contribution in [0.1, 0.15) is 33.6 Å². The highest BCUT2D eigenvalue weighted by Gasteiger charge is 2.11. The largest absolute Gasteiger partial charge is 0.370 e. The molecule has 0 saturated heterocycles. The second-order valence-corrected chi connectivity index (χ2v) is 4.34. The van der Waals surface area contributed by atoms with E-state index in [1.807, 2.05) is 6.07 Å². The minimum atomic E-state index is 0.459. The number of hydrogen-bond acceptors (Lipinski definition) is 3. The fourth-order valence-electron chi connectivity index (χ4n) is 1.78. The Balaban J connectivity index is 2.74. The number of halogens is 1. The first-order valence-electron chi connectivity index (χ1n) is 5.94. The Bertz CT molecular complexity index is 313. The maximum atomic E-state index is 5.85. The molecular weight excluding hydrogens is 222 g/mol. The van der Waals surface area contributed by atoms with Gasteiger partial charge in [0.05, 0.1) is 11.9 Å². The van der Waals surface area contributed by atoms with E-state index in [9.17, 15) is 0 Å². The van der Waals surface area contributed by atoms with Crippen LogP contribution >= 0.6 is 11.6 Å². The molecule has 0 saturated carbocycles. The van der Waals surface area contributed by atoms with Crippen molar-refractivity contribution in [3.05, 3.63) is 17.4 Å². The number of hydrogen-bond donors (Lipinski definition) is 0. The minimum Gasteiger partial charge on any atom is -0.370 e. The Labute approximate surface area is 103 Å². The van der Waals surface area contributed by atoms with Gasteiger partial charge >= 0.3 is 0 Å². The first-order valence-corrected chi connectivity index (χ1v) is 6.32. The normalized spacial score (nSPS) is 10.8. The third-order valence-corrected chi connectivity index (χ3v) is 3.18. The van der Waals surface area contributed by atoms with E-state index in [2.05, 4.69) is 35.9 Å². The van der Waals surface area contributed by atoms with Gasteiger partial charge in [-0.2, -0.15) is 5.10 Å². The smallest absolute Gasteiger partial charge is 0.153 e. The third-order valence-electron chi connectivity index (χ3n) is 2.99. The second-order valence-electron chi connectivity index (χ2n) is 3.96. The topological polar surface area (TPSA) is 29.0 Å². The number of anilines is 1. The Morgan fingerprint density at radius 1 is 1.31 bits per heavy atom. The zero-order valence-corrected chi connectivity index (χ0v) is 11.0. The van der Waals surface area contributed by atoms with Crippen molar-refractivity contribution in [1.82, 2.24) is 10.2 Å². The van der Waals surface area contributed by atoms with Gasteiger partial charge in [0.1, 0.15) is 0 Å². The van der Waals surface area contributed by atoms with Gasteiger partial charge in [-0.05, 0) is 12.8 Å². The van der Waals surface area contributed by atoms with Crippen LogP contribution in [0.25, 0.3) is 0 Å². The molecule has 0 aromatic carbocycles. The average Bonchev–Trinajstić information content (AvgIpc) is 2.31. The molecule has 0 radical (unpaired) electrons. The van der Waals surface area contributed by atoms with Gasteiger partial charge in [-0.25, -0.2) is 0 Å². The molecule has 0 amide bonds. The van der Waals surface area contributed by atoms with Crippen LogP contribution < -0.4 is 4.90 Å². The molecule has 16 heavy (non-hydrogen) atoms. The maximum absolute atomic E-state index is 5.85. The Morgan fingerprint density at radius 3 is 2.50 bits per heavy atom. The van der Waals surface area contributed by atoms with Crippen molar-refractivity contribution in [2.45, 2.75) is 33.6 Å². The molecule has 90 valence electrons. The molecular formula is C12H20ClN3. The van der Waals surface area contributed by atoms with Crippen molar-refractivity contribution in [3.63, 3.8) is 0 Å². The van der Waals surface area contributed by atoms with Crippen LogP contribution in [0.3, 0.4) is 0 Å². The lowest BCUT2D eigenvalue weighted by atomic mass is 10.0. The van der Waals surface area contributed by atoms with Crippen molar-refractivity contribution < 1.29 is 0 Å². The first kappa shape index (κ1) is 13.2. The summed E-state index contributed by atoms with van der Waals surface area (Å²) in [5.41, 5.74) is 1.06. The van der Waals surface area contributed by atoms with Gasteiger partial charge in [-0.1, -0.05) is 38.3 Å². The van der Waals surface area contributed by atoms with E-state index in [0.717, 1.165) is 24.7 Å². The Morgan fingerprint density at radius 2 is 2.00 bits per heavy atom. The molecule has 0 bridgehead atoms. The summed E-state index contributed by atoms with van der Waals surface area (Å²) in [4.78, 5) is 2.30. The summed E-state index contributed by atoms with van der Waals surface area (Å²) in [5.74, 6) is 0.729. The molecule has 3 nitrogen and oxygen atoms in total. The summed E-state index contributed by atoms with van der Waals surface area (Å²) in [6.45, 7) is 8.65. The highest BCUT2D eigenvalue weighted by Crippen LogP contribution is 2.19. The maximum Gasteiger partial charge on any atom is 0.153 e. The summed E-state index contributed by atoms with van der Waals surface area (Å²) >= 11 is 5.85. The van der Waals surface area contributed by atoms with Gasteiger partial charge in [0.2, 0.25) is 0 Å². The van der Waals surface area contributed by atoms with Crippen LogP contribution in [0.15, 0.2) is 12.3 Å². The summed E-state index contributed by atoms with van der Waals surface area (Å²) in [7, 11) is 0. The molecule has 1 heterocycles. The van der Waals surface area contributed by atoms with Crippen LogP contribution in [0.4, 0.5) is 5.69 Å². The third kappa shape index (κ3) is 3.63. The quantitative estimate of drug-likeness (QED) is 0.765. The van der Waals surface area contributed by atoms with Gasteiger partial charge in [-0.15, -0.1) is 5.10 Å². The van der Waals surface area contributed by atoms with Crippen LogP contribution in [0, 0.1) is 5.92 Å². The summed E-state index contributed by atoms with van der Waals surface area (Å²) < 4.78 is 0. The van der Waals surface area contributed by atoms with Crippen molar-refractivity contribution in [2.75, 3.05) is 18.0 Å².